The monoisotopic (exact) mass is 506 g/mol. The fourth-order valence-electron chi connectivity index (χ4n) is 3.42. The van der Waals surface area contributed by atoms with Gasteiger partial charge in [-0.05, 0) is 24.6 Å². The molecule has 1 unspecified atom stereocenters. The predicted molar refractivity (Wildman–Crippen MR) is 135 cm³/mol. The number of hydrogen-bond acceptors (Lipinski definition) is 7. The average Bonchev–Trinajstić information content (AvgIpc) is 3.27. The summed E-state index contributed by atoms with van der Waals surface area (Å²) in [6.45, 7) is 1.99. The number of aryl methyl sites for hydroxylation is 1. The van der Waals surface area contributed by atoms with E-state index >= 15 is 0 Å². The van der Waals surface area contributed by atoms with Crippen LogP contribution in [0.4, 0.5) is 10.8 Å². The molecule has 1 aromatic heterocycles. The van der Waals surface area contributed by atoms with Crippen molar-refractivity contribution >= 4 is 39.7 Å². The minimum atomic E-state index is -1.30. The lowest BCUT2D eigenvalue weighted by Gasteiger charge is -2.06. The van der Waals surface area contributed by atoms with E-state index in [2.05, 4.69) is 15.2 Å². The average molecular weight is 507 g/mol. The highest BCUT2D eigenvalue weighted by Crippen LogP contribution is 2.40. The highest BCUT2D eigenvalue weighted by atomic mass is 35.5. The zero-order valence-corrected chi connectivity index (χ0v) is 20.0. The van der Waals surface area contributed by atoms with Crippen LogP contribution in [-0.2, 0) is 11.2 Å². The van der Waals surface area contributed by atoms with Crippen molar-refractivity contribution in [3.63, 3.8) is 0 Å². The Balaban J connectivity index is 1.69. The first kappa shape index (κ1) is 24.2. The number of thiazole rings is 1. The number of halogens is 1. The van der Waals surface area contributed by atoms with Crippen LogP contribution in [-0.4, -0.2) is 27.0 Å². The SMILES string of the molecule is Cc1ccc(-c2nc(N=NC(Cc3ccccc3[N+](=O)[O-])C(=O)O)sc2-c2ccc(Cl)cc2)cc1. The van der Waals surface area contributed by atoms with E-state index in [9.17, 15) is 20.0 Å². The number of para-hydroxylation sites is 1. The Morgan fingerprint density at radius 3 is 2.40 bits per heavy atom. The molecule has 0 saturated carbocycles. The third-order valence-electron chi connectivity index (χ3n) is 5.22. The molecule has 0 aliphatic rings. The summed E-state index contributed by atoms with van der Waals surface area (Å²) in [5.41, 5.74) is 3.68. The number of carboxylic acids is 1. The van der Waals surface area contributed by atoms with Gasteiger partial charge < -0.3 is 5.11 Å². The molecule has 0 bridgehead atoms. The van der Waals surface area contributed by atoms with Gasteiger partial charge in [0.25, 0.3) is 5.69 Å². The van der Waals surface area contributed by atoms with E-state index in [1.807, 2.05) is 43.3 Å². The summed E-state index contributed by atoms with van der Waals surface area (Å²) in [5.74, 6) is -1.24. The first-order valence-corrected chi connectivity index (χ1v) is 11.7. The van der Waals surface area contributed by atoms with E-state index in [-0.39, 0.29) is 22.8 Å². The van der Waals surface area contributed by atoms with Gasteiger partial charge in [-0.25, -0.2) is 9.78 Å². The van der Waals surface area contributed by atoms with Gasteiger partial charge in [0, 0.05) is 28.6 Å². The molecule has 0 spiro atoms. The Morgan fingerprint density at radius 1 is 1.09 bits per heavy atom. The van der Waals surface area contributed by atoms with E-state index in [0.717, 1.165) is 21.6 Å². The summed E-state index contributed by atoms with van der Waals surface area (Å²) < 4.78 is 0. The van der Waals surface area contributed by atoms with Crippen molar-refractivity contribution in [1.29, 1.82) is 0 Å². The van der Waals surface area contributed by atoms with Crippen LogP contribution in [0.2, 0.25) is 5.02 Å². The van der Waals surface area contributed by atoms with Gasteiger partial charge in [0.15, 0.2) is 6.04 Å². The fraction of sp³-hybridized carbons (Fsp3) is 0.120. The van der Waals surface area contributed by atoms with Gasteiger partial charge in [0.1, 0.15) is 0 Å². The third kappa shape index (κ3) is 5.76. The maximum atomic E-state index is 11.8. The highest BCUT2D eigenvalue weighted by Gasteiger charge is 2.23. The van der Waals surface area contributed by atoms with Crippen molar-refractivity contribution in [2.75, 3.05) is 0 Å². The molecule has 1 N–H and O–H groups in total. The molecule has 35 heavy (non-hydrogen) atoms. The normalized spacial score (nSPS) is 12.1. The number of hydrogen-bond donors (Lipinski definition) is 1. The second-order valence-electron chi connectivity index (χ2n) is 7.71. The van der Waals surface area contributed by atoms with Gasteiger partial charge in [-0.15, -0.1) is 5.11 Å². The van der Waals surface area contributed by atoms with E-state index in [1.165, 1.54) is 29.5 Å². The summed E-state index contributed by atoms with van der Waals surface area (Å²) in [6.07, 6.45) is -0.170. The van der Waals surface area contributed by atoms with Crippen LogP contribution in [0.25, 0.3) is 21.7 Å². The molecule has 176 valence electrons. The smallest absolute Gasteiger partial charge is 0.330 e. The summed E-state index contributed by atoms with van der Waals surface area (Å²) in [5, 5.41) is 29.9. The molecule has 0 saturated heterocycles. The number of carbonyl (C=O) groups is 1. The van der Waals surface area contributed by atoms with Crippen molar-refractivity contribution < 1.29 is 14.8 Å². The zero-order valence-electron chi connectivity index (χ0n) is 18.5. The number of aliphatic carboxylic acids is 1. The van der Waals surface area contributed by atoms with Crippen LogP contribution in [0.5, 0.6) is 0 Å². The number of nitro groups is 1. The molecule has 4 rings (SSSR count). The van der Waals surface area contributed by atoms with Crippen molar-refractivity contribution in [2.24, 2.45) is 10.2 Å². The van der Waals surface area contributed by atoms with Gasteiger partial charge in [0.2, 0.25) is 5.13 Å². The quantitative estimate of drug-likeness (QED) is 0.155. The molecule has 1 heterocycles. The van der Waals surface area contributed by atoms with Crippen LogP contribution >= 0.6 is 22.9 Å². The number of nitrogens with zero attached hydrogens (tertiary/aromatic N) is 4. The van der Waals surface area contributed by atoms with Crippen molar-refractivity contribution in [3.05, 3.63) is 99.1 Å². The summed E-state index contributed by atoms with van der Waals surface area (Å²) in [4.78, 5) is 28.0. The Morgan fingerprint density at radius 2 is 1.74 bits per heavy atom. The summed E-state index contributed by atoms with van der Waals surface area (Å²) in [7, 11) is 0. The topological polar surface area (TPSA) is 118 Å². The Labute approximate surface area is 209 Å². The lowest BCUT2D eigenvalue weighted by molar-refractivity contribution is -0.385. The molecule has 4 aromatic rings. The third-order valence-corrected chi connectivity index (χ3v) is 6.46. The van der Waals surface area contributed by atoms with E-state index in [4.69, 9.17) is 11.6 Å². The van der Waals surface area contributed by atoms with Gasteiger partial charge in [-0.3, -0.25) is 10.1 Å². The van der Waals surface area contributed by atoms with Crippen LogP contribution < -0.4 is 0 Å². The molecular weight excluding hydrogens is 488 g/mol. The number of aromatic nitrogens is 1. The maximum Gasteiger partial charge on any atom is 0.330 e. The number of carboxylic acid groups (broad SMARTS) is 1. The minimum absolute atomic E-state index is 0.158. The lowest BCUT2D eigenvalue weighted by atomic mass is 10.0. The standard InChI is InChI=1S/C25H19ClN4O4S/c1-15-6-8-16(9-7-15)22-23(17-10-12-19(26)13-11-17)35-25(27-22)29-28-20(24(31)32)14-18-4-2-3-5-21(18)30(33)34/h2-13,20H,14H2,1H3,(H,31,32). The molecule has 0 aliphatic heterocycles. The van der Waals surface area contributed by atoms with Gasteiger partial charge in [-0.1, -0.05) is 83.1 Å². The van der Waals surface area contributed by atoms with Crippen LogP contribution in [0.1, 0.15) is 11.1 Å². The van der Waals surface area contributed by atoms with Gasteiger partial charge in [0.05, 0.1) is 15.5 Å². The minimum Gasteiger partial charge on any atom is -0.480 e. The molecular formula is C25H19ClN4O4S. The molecule has 0 fully saturated rings. The second kappa shape index (κ2) is 10.5. The highest BCUT2D eigenvalue weighted by molar-refractivity contribution is 7.19. The van der Waals surface area contributed by atoms with E-state index < -0.39 is 16.9 Å². The van der Waals surface area contributed by atoms with E-state index in [0.29, 0.717) is 10.7 Å². The predicted octanol–water partition coefficient (Wildman–Crippen LogP) is 7.13. The lowest BCUT2D eigenvalue weighted by Crippen LogP contribution is -2.20. The summed E-state index contributed by atoms with van der Waals surface area (Å²) >= 11 is 7.32. The Bertz CT molecular complexity index is 1340. The second-order valence-corrected chi connectivity index (χ2v) is 9.12. The van der Waals surface area contributed by atoms with Gasteiger partial charge >= 0.3 is 5.97 Å². The number of benzene rings is 3. The van der Waals surface area contributed by atoms with Crippen molar-refractivity contribution in [2.45, 2.75) is 19.4 Å². The van der Waals surface area contributed by atoms with E-state index in [1.54, 1.807) is 18.2 Å². The Kier molecular flexibility index (Phi) is 7.28. The fourth-order valence-corrected chi connectivity index (χ4v) is 4.47. The van der Waals surface area contributed by atoms with Crippen LogP contribution in [0, 0.1) is 17.0 Å². The molecule has 0 radical (unpaired) electrons. The molecule has 0 aliphatic carbocycles. The first-order valence-electron chi connectivity index (χ1n) is 10.5. The summed E-state index contributed by atoms with van der Waals surface area (Å²) in [6, 6.07) is 19.9. The molecule has 10 heteroatoms. The van der Waals surface area contributed by atoms with Crippen molar-refractivity contribution in [1.82, 2.24) is 4.98 Å². The molecule has 0 amide bonds. The largest absolute Gasteiger partial charge is 0.480 e. The molecule has 3 aromatic carbocycles. The van der Waals surface area contributed by atoms with Crippen LogP contribution in [0.3, 0.4) is 0 Å². The molecule has 1 atom stereocenters. The number of rotatable bonds is 8. The molecule has 8 nitrogen and oxygen atoms in total. The van der Waals surface area contributed by atoms with Crippen molar-refractivity contribution in [3.8, 4) is 21.7 Å². The first-order chi connectivity index (χ1) is 16.8. The zero-order chi connectivity index (χ0) is 24.9. The number of nitro benzene ring substituents is 1. The van der Waals surface area contributed by atoms with Crippen LogP contribution in [0.15, 0.2) is 83.0 Å². The maximum absolute atomic E-state index is 11.8. The van der Waals surface area contributed by atoms with Gasteiger partial charge in [-0.2, -0.15) is 5.11 Å². The Hall–Kier alpha value is -3.95. The number of azo groups is 1.